The molecule has 1 aliphatic rings. The van der Waals surface area contributed by atoms with Gasteiger partial charge < -0.3 is 14.2 Å². The number of ether oxygens (including phenoxy) is 3. The highest BCUT2D eigenvalue weighted by Gasteiger charge is 2.28. The molecule has 0 spiro atoms. The minimum absolute atomic E-state index is 0.0137. The lowest BCUT2D eigenvalue weighted by molar-refractivity contribution is -0.166. The van der Waals surface area contributed by atoms with Gasteiger partial charge in [-0.1, -0.05) is 32.8 Å². The summed E-state index contributed by atoms with van der Waals surface area (Å²) in [6.07, 6.45) is 4.78. The average molecular weight is 270 g/mol. The van der Waals surface area contributed by atoms with Crippen molar-refractivity contribution < 1.29 is 23.8 Å². The summed E-state index contributed by atoms with van der Waals surface area (Å²) in [6.45, 7) is 6.29. The largest absolute Gasteiger partial charge is 0.460 e. The van der Waals surface area contributed by atoms with Crippen LogP contribution in [0.1, 0.15) is 39.0 Å². The maximum absolute atomic E-state index is 11.8. The Bertz CT molecular complexity index is 309. The van der Waals surface area contributed by atoms with Gasteiger partial charge >= 0.3 is 11.9 Å². The third kappa shape index (κ3) is 6.96. The summed E-state index contributed by atoms with van der Waals surface area (Å²) < 4.78 is 15.0. The molecule has 0 aromatic rings. The highest BCUT2D eigenvalue weighted by molar-refractivity contribution is 5.85. The van der Waals surface area contributed by atoms with E-state index in [0.29, 0.717) is 13.0 Å². The summed E-state index contributed by atoms with van der Waals surface area (Å²) in [4.78, 5) is 23.0. The summed E-state index contributed by atoms with van der Waals surface area (Å²) in [7, 11) is 0. The highest BCUT2D eigenvalue weighted by Crippen LogP contribution is 2.13. The molecule has 2 atom stereocenters. The van der Waals surface area contributed by atoms with Gasteiger partial charge in [-0.3, -0.25) is 0 Å². The van der Waals surface area contributed by atoms with E-state index >= 15 is 0 Å². The molecule has 2 unspecified atom stereocenters. The van der Waals surface area contributed by atoms with E-state index in [1.54, 1.807) is 0 Å². The highest BCUT2D eigenvalue weighted by atomic mass is 16.6. The van der Waals surface area contributed by atoms with Gasteiger partial charge in [0.05, 0.1) is 6.61 Å². The molecule has 108 valence electrons. The lowest BCUT2D eigenvalue weighted by atomic mass is 10.1. The van der Waals surface area contributed by atoms with E-state index in [-0.39, 0.29) is 12.7 Å². The Morgan fingerprint density at radius 1 is 1.42 bits per heavy atom. The molecule has 0 aromatic heterocycles. The van der Waals surface area contributed by atoms with Gasteiger partial charge in [0.25, 0.3) is 0 Å². The van der Waals surface area contributed by atoms with Crippen LogP contribution >= 0.6 is 0 Å². The van der Waals surface area contributed by atoms with Crippen LogP contribution in [0.15, 0.2) is 12.7 Å². The fourth-order valence-corrected chi connectivity index (χ4v) is 1.60. The lowest BCUT2D eigenvalue weighted by Gasteiger charge is -2.15. The van der Waals surface area contributed by atoms with Gasteiger partial charge in [0.2, 0.25) is 0 Å². The van der Waals surface area contributed by atoms with Crippen molar-refractivity contribution >= 4 is 11.9 Å². The van der Waals surface area contributed by atoms with Crippen molar-refractivity contribution in [3.8, 4) is 0 Å². The maximum atomic E-state index is 11.8. The van der Waals surface area contributed by atoms with Crippen LogP contribution < -0.4 is 0 Å². The van der Waals surface area contributed by atoms with Crippen molar-refractivity contribution in [2.45, 2.75) is 51.2 Å². The van der Waals surface area contributed by atoms with Crippen LogP contribution in [0.2, 0.25) is 0 Å². The molecule has 5 nitrogen and oxygen atoms in total. The van der Waals surface area contributed by atoms with E-state index < -0.39 is 18.0 Å². The van der Waals surface area contributed by atoms with Crippen molar-refractivity contribution in [2.24, 2.45) is 0 Å². The van der Waals surface area contributed by atoms with Gasteiger partial charge in [-0.15, -0.1) is 0 Å². The number of epoxide rings is 1. The van der Waals surface area contributed by atoms with Crippen LogP contribution in [-0.2, 0) is 23.8 Å². The molecule has 1 rings (SSSR count). The molecule has 1 heterocycles. The van der Waals surface area contributed by atoms with Crippen molar-refractivity contribution in [2.75, 3.05) is 13.2 Å². The summed E-state index contributed by atoms with van der Waals surface area (Å²) in [5.41, 5.74) is 0. The zero-order chi connectivity index (χ0) is 14.1. The Labute approximate surface area is 113 Å². The molecule has 1 saturated heterocycles. The number of hydrogen-bond donors (Lipinski definition) is 0. The average Bonchev–Trinajstić information content (AvgIpc) is 3.23. The second-order valence-corrected chi connectivity index (χ2v) is 4.56. The van der Waals surface area contributed by atoms with Gasteiger partial charge in [-0.25, -0.2) is 9.59 Å². The zero-order valence-electron chi connectivity index (χ0n) is 11.4. The van der Waals surface area contributed by atoms with Gasteiger partial charge in [0, 0.05) is 6.08 Å². The van der Waals surface area contributed by atoms with Gasteiger partial charge in [0.1, 0.15) is 12.7 Å². The zero-order valence-corrected chi connectivity index (χ0v) is 11.4. The minimum atomic E-state index is -0.832. The second kappa shape index (κ2) is 8.69. The van der Waals surface area contributed by atoms with Crippen LogP contribution in [0.5, 0.6) is 0 Å². The summed E-state index contributed by atoms with van der Waals surface area (Å²) in [5.74, 6) is -1.10. The number of rotatable bonds is 10. The molecule has 0 radical (unpaired) electrons. The molecule has 0 saturated carbocycles. The van der Waals surface area contributed by atoms with Crippen LogP contribution in [0, 0.1) is 0 Å². The second-order valence-electron chi connectivity index (χ2n) is 4.56. The monoisotopic (exact) mass is 270 g/mol. The van der Waals surface area contributed by atoms with Crippen molar-refractivity contribution in [3.05, 3.63) is 12.7 Å². The summed E-state index contributed by atoms with van der Waals surface area (Å²) >= 11 is 0. The fraction of sp³-hybridized carbons (Fsp3) is 0.714. The number of esters is 2. The molecule has 19 heavy (non-hydrogen) atoms. The Balaban J connectivity index is 2.34. The first-order valence-electron chi connectivity index (χ1n) is 6.78. The van der Waals surface area contributed by atoms with Crippen molar-refractivity contribution in [1.29, 1.82) is 0 Å². The van der Waals surface area contributed by atoms with Gasteiger partial charge in [0.15, 0.2) is 6.10 Å². The smallest absolute Gasteiger partial charge is 0.347 e. The first-order chi connectivity index (χ1) is 9.17. The number of hydrogen-bond acceptors (Lipinski definition) is 5. The minimum Gasteiger partial charge on any atom is -0.460 e. The first kappa shape index (κ1) is 15.7. The predicted molar refractivity (Wildman–Crippen MR) is 69.5 cm³/mol. The van der Waals surface area contributed by atoms with Crippen LogP contribution in [0.3, 0.4) is 0 Å². The molecule has 1 fully saturated rings. The standard InChI is InChI=1S/C14H22O5/c1-3-5-6-7-8-12(19-13(15)4-2)14(16)18-10-11-9-17-11/h4,11-12H,2-3,5-10H2,1H3. The molecule has 0 N–H and O–H groups in total. The van der Waals surface area contributed by atoms with E-state index in [1.807, 2.05) is 0 Å². The Morgan fingerprint density at radius 3 is 2.74 bits per heavy atom. The molecule has 1 aliphatic heterocycles. The van der Waals surface area contributed by atoms with E-state index in [0.717, 1.165) is 31.8 Å². The summed E-state index contributed by atoms with van der Waals surface area (Å²) in [6, 6.07) is 0. The third-order valence-corrected chi connectivity index (χ3v) is 2.82. The van der Waals surface area contributed by atoms with Crippen LogP contribution in [0.4, 0.5) is 0 Å². The molecular formula is C14H22O5. The van der Waals surface area contributed by atoms with Crippen LogP contribution in [-0.4, -0.2) is 37.4 Å². The van der Waals surface area contributed by atoms with E-state index in [2.05, 4.69) is 13.5 Å². The third-order valence-electron chi connectivity index (χ3n) is 2.82. The normalized spacial score (nSPS) is 18.5. The Hall–Kier alpha value is -1.36. The molecular weight excluding hydrogens is 248 g/mol. The molecule has 0 bridgehead atoms. The molecule has 0 amide bonds. The Morgan fingerprint density at radius 2 is 2.16 bits per heavy atom. The Kier molecular flexibility index (Phi) is 7.18. The van der Waals surface area contributed by atoms with E-state index in [9.17, 15) is 9.59 Å². The van der Waals surface area contributed by atoms with E-state index in [4.69, 9.17) is 14.2 Å². The topological polar surface area (TPSA) is 65.1 Å². The first-order valence-corrected chi connectivity index (χ1v) is 6.78. The predicted octanol–water partition coefficient (Wildman–Crippen LogP) is 2.00. The van der Waals surface area contributed by atoms with E-state index in [1.165, 1.54) is 0 Å². The van der Waals surface area contributed by atoms with Crippen LogP contribution in [0.25, 0.3) is 0 Å². The quantitative estimate of drug-likeness (QED) is 0.263. The van der Waals surface area contributed by atoms with Crippen molar-refractivity contribution in [1.82, 2.24) is 0 Å². The molecule has 0 aromatic carbocycles. The SMILES string of the molecule is C=CC(=O)OC(CCCCCC)C(=O)OCC1CO1. The number of carbonyl (C=O) groups excluding carboxylic acids is 2. The maximum Gasteiger partial charge on any atom is 0.347 e. The number of carbonyl (C=O) groups is 2. The van der Waals surface area contributed by atoms with Gasteiger partial charge in [-0.05, 0) is 12.8 Å². The molecule has 5 heteroatoms. The summed E-state index contributed by atoms with van der Waals surface area (Å²) in [5, 5.41) is 0. The lowest BCUT2D eigenvalue weighted by Crippen LogP contribution is -2.29. The molecule has 0 aliphatic carbocycles. The number of unbranched alkanes of at least 4 members (excludes halogenated alkanes) is 3. The van der Waals surface area contributed by atoms with Gasteiger partial charge in [-0.2, -0.15) is 0 Å². The van der Waals surface area contributed by atoms with Crippen molar-refractivity contribution in [3.63, 3.8) is 0 Å². The fourth-order valence-electron chi connectivity index (χ4n) is 1.60.